The van der Waals surface area contributed by atoms with Gasteiger partial charge < -0.3 is 4.74 Å². The lowest BCUT2D eigenvalue weighted by atomic mass is 10.2. The van der Waals surface area contributed by atoms with E-state index < -0.39 is 20.9 Å². The van der Waals surface area contributed by atoms with Gasteiger partial charge in [-0.15, -0.1) is 0 Å². The van der Waals surface area contributed by atoms with Crippen molar-refractivity contribution in [3.05, 3.63) is 75.2 Å². The van der Waals surface area contributed by atoms with Gasteiger partial charge in [-0.25, -0.2) is 13.4 Å². The zero-order valence-corrected chi connectivity index (χ0v) is 24.5. The van der Waals surface area contributed by atoms with E-state index in [2.05, 4.69) is 10.1 Å². The molecule has 0 radical (unpaired) electrons. The molecule has 0 saturated carbocycles. The third kappa shape index (κ3) is 6.36. The monoisotopic (exact) mass is 601 g/mol. The molecular weight excluding hydrogens is 575 g/mol. The SMILES string of the molecule is CCCCN(CC)S(=O)(=O)c1ccc(C(=O)N(/N=C/c2ccc([N+](=O)[O-])s2)c2nc3ccc(OC)cc3s2)cc1. The van der Waals surface area contributed by atoms with Crippen LogP contribution in [0.3, 0.4) is 0 Å². The minimum absolute atomic E-state index is 0.0525. The second-order valence-electron chi connectivity index (χ2n) is 8.50. The van der Waals surface area contributed by atoms with Crippen molar-refractivity contribution in [2.45, 2.75) is 31.6 Å². The first kappa shape index (κ1) is 29.3. The van der Waals surface area contributed by atoms with Crippen LogP contribution >= 0.6 is 22.7 Å². The predicted octanol–water partition coefficient (Wildman–Crippen LogP) is 5.77. The Morgan fingerprint density at radius 3 is 2.50 bits per heavy atom. The van der Waals surface area contributed by atoms with Crippen molar-refractivity contribution in [3.8, 4) is 5.75 Å². The summed E-state index contributed by atoms with van der Waals surface area (Å²) < 4.78 is 33.7. The summed E-state index contributed by atoms with van der Waals surface area (Å²) in [6, 6.07) is 13.9. The number of nitrogens with zero attached hydrogens (tertiary/aromatic N) is 5. The highest BCUT2D eigenvalue weighted by molar-refractivity contribution is 7.89. The summed E-state index contributed by atoms with van der Waals surface area (Å²) in [7, 11) is -2.16. The number of nitro groups is 1. The Balaban J connectivity index is 1.69. The fourth-order valence-corrected chi connectivity index (χ4v) is 6.87. The number of aromatic nitrogens is 1. The second kappa shape index (κ2) is 12.6. The number of carbonyl (C=O) groups is 1. The maximum atomic E-state index is 13.7. The number of unbranched alkanes of at least 4 members (excludes halogenated alkanes) is 1. The maximum absolute atomic E-state index is 13.7. The summed E-state index contributed by atoms with van der Waals surface area (Å²) in [5, 5.41) is 16.7. The van der Waals surface area contributed by atoms with Crippen molar-refractivity contribution in [2.75, 3.05) is 25.2 Å². The predicted molar refractivity (Wildman–Crippen MR) is 157 cm³/mol. The molecule has 11 nitrogen and oxygen atoms in total. The Morgan fingerprint density at radius 2 is 1.88 bits per heavy atom. The lowest BCUT2D eigenvalue weighted by molar-refractivity contribution is -0.380. The van der Waals surface area contributed by atoms with E-state index in [4.69, 9.17) is 4.74 Å². The zero-order chi connectivity index (χ0) is 28.9. The van der Waals surface area contributed by atoms with E-state index in [0.717, 1.165) is 33.9 Å². The first-order valence-electron chi connectivity index (χ1n) is 12.3. The van der Waals surface area contributed by atoms with Gasteiger partial charge in [0.05, 0.1) is 38.2 Å². The smallest absolute Gasteiger partial charge is 0.324 e. The standard InChI is InChI=1S/C26H27N5O6S3/c1-4-6-15-29(5-2)40(35,36)21-11-7-18(8-12-21)25(32)30(27-17-20-10-14-24(38-20)31(33)34)26-28-22-13-9-19(37-3)16-23(22)39-26/h7-14,16-17H,4-6,15H2,1-3H3/b27-17+. The molecule has 0 fully saturated rings. The van der Waals surface area contributed by atoms with Gasteiger partial charge in [0.15, 0.2) is 0 Å². The van der Waals surface area contributed by atoms with Crippen LogP contribution in [0.4, 0.5) is 10.1 Å². The summed E-state index contributed by atoms with van der Waals surface area (Å²) >= 11 is 2.14. The highest BCUT2D eigenvalue weighted by atomic mass is 32.2. The highest BCUT2D eigenvalue weighted by Gasteiger charge is 2.25. The molecule has 0 aliphatic heterocycles. The van der Waals surface area contributed by atoms with Crippen molar-refractivity contribution in [1.82, 2.24) is 9.29 Å². The molecule has 0 unspecified atom stereocenters. The van der Waals surface area contributed by atoms with Gasteiger partial charge in [0.25, 0.3) is 5.91 Å². The number of rotatable bonds is 12. The van der Waals surface area contributed by atoms with Crippen molar-refractivity contribution < 1.29 is 22.9 Å². The molecule has 40 heavy (non-hydrogen) atoms. The maximum Gasteiger partial charge on any atom is 0.324 e. The number of sulfonamides is 1. The molecule has 4 aromatic rings. The molecule has 0 atom stereocenters. The highest BCUT2D eigenvalue weighted by Crippen LogP contribution is 2.33. The molecule has 0 bridgehead atoms. The normalized spacial score (nSPS) is 11.9. The lowest BCUT2D eigenvalue weighted by Crippen LogP contribution is -2.32. The molecule has 2 aromatic heterocycles. The van der Waals surface area contributed by atoms with E-state index in [9.17, 15) is 23.3 Å². The Morgan fingerprint density at radius 1 is 1.12 bits per heavy atom. The number of hydrazone groups is 1. The molecule has 0 saturated heterocycles. The summed E-state index contributed by atoms with van der Waals surface area (Å²) in [6.45, 7) is 4.55. The molecule has 1 amide bonds. The molecule has 2 aromatic carbocycles. The van der Waals surface area contributed by atoms with Crippen molar-refractivity contribution in [2.24, 2.45) is 5.10 Å². The molecule has 14 heteroatoms. The van der Waals surface area contributed by atoms with Crippen LogP contribution in [-0.2, 0) is 10.0 Å². The van der Waals surface area contributed by atoms with E-state index in [0.29, 0.717) is 29.2 Å². The molecular formula is C26H27N5O6S3. The van der Waals surface area contributed by atoms with Crippen LogP contribution in [0.5, 0.6) is 5.75 Å². The third-order valence-corrected chi connectivity index (χ3v) is 9.86. The van der Waals surface area contributed by atoms with E-state index in [1.54, 1.807) is 32.2 Å². The fraction of sp³-hybridized carbons (Fsp3) is 0.269. The summed E-state index contributed by atoms with van der Waals surface area (Å²) in [5.74, 6) is 0.0856. The number of thiophene rings is 1. The van der Waals surface area contributed by atoms with Crippen LogP contribution < -0.4 is 9.75 Å². The van der Waals surface area contributed by atoms with Gasteiger partial charge in [0, 0.05) is 24.7 Å². The number of thiazole rings is 1. The summed E-state index contributed by atoms with van der Waals surface area (Å²) in [5.41, 5.74) is 0.829. The number of methoxy groups -OCH3 is 1. The fourth-order valence-electron chi connectivity index (χ4n) is 3.75. The van der Waals surface area contributed by atoms with Crippen molar-refractivity contribution >= 4 is 65.2 Å². The lowest BCUT2D eigenvalue weighted by Gasteiger charge is -2.20. The van der Waals surface area contributed by atoms with Crippen LogP contribution in [0.25, 0.3) is 10.2 Å². The first-order chi connectivity index (χ1) is 19.2. The van der Waals surface area contributed by atoms with Crippen LogP contribution in [0.15, 0.2) is 64.6 Å². The van der Waals surface area contributed by atoms with Gasteiger partial charge in [0.2, 0.25) is 15.2 Å². The Hall–Kier alpha value is -3.72. The molecule has 2 heterocycles. The minimum atomic E-state index is -3.71. The topological polar surface area (TPSA) is 135 Å². The number of anilines is 1. The van der Waals surface area contributed by atoms with Gasteiger partial charge in [-0.2, -0.15) is 14.4 Å². The summed E-state index contributed by atoms with van der Waals surface area (Å²) in [6.07, 6.45) is 2.97. The molecule has 0 N–H and O–H groups in total. The van der Waals surface area contributed by atoms with Gasteiger partial charge in [-0.1, -0.05) is 42.9 Å². The first-order valence-corrected chi connectivity index (χ1v) is 15.4. The van der Waals surface area contributed by atoms with Gasteiger partial charge in [0.1, 0.15) is 5.75 Å². The molecule has 4 rings (SSSR count). The minimum Gasteiger partial charge on any atom is -0.497 e. The van der Waals surface area contributed by atoms with Crippen LogP contribution in [0.1, 0.15) is 41.9 Å². The number of carbonyl (C=O) groups excluding carboxylic acids is 1. The Labute approximate surface area is 239 Å². The van der Waals surface area contributed by atoms with Crippen LogP contribution in [0.2, 0.25) is 0 Å². The number of ether oxygens (including phenoxy) is 1. The average Bonchev–Trinajstić information content (AvgIpc) is 3.60. The molecule has 0 aliphatic rings. The Kier molecular flexibility index (Phi) is 9.25. The second-order valence-corrected chi connectivity index (χ2v) is 12.5. The number of benzene rings is 2. The van der Waals surface area contributed by atoms with Gasteiger partial charge in [-0.05, 0) is 55.0 Å². The molecule has 0 aliphatic carbocycles. The number of hydrogen-bond donors (Lipinski definition) is 0. The number of amides is 1. The molecule has 210 valence electrons. The number of hydrogen-bond acceptors (Lipinski definition) is 10. The van der Waals surface area contributed by atoms with Crippen LogP contribution in [0, 0.1) is 10.1 Å². The van der Waals surface area contributed by atoms with Gasteiger partial charge >= 0.3 is 5.00 Å². The average molecular weight is 602 g/mol. The van der Waals surface area contributed by atoms with Crippen molar-refractivity contribution in [1.29, 1.82) is 0 Å². The largest absolute Gasteiger partial charge is 0.497 e. The molecule has 0 spiro atoms. The quantitative estimate of drug-likeness (QED) is 0.114. The van der Waals surface area contributed by atoms with E-state index in [1.165, 1.54) is 58.3 Å². The zero-order valence-electron chi connectivity index (χ0n) is 22.0. The number of fused-ring (bicyclic) bond motifs is 1. The van der Waals surface area contributed by atoms with Crippen LogP contribution in [-0.4, -0.2) is 55.0 Å². The van der Waals surface area contributed by atoms with E-state index >= 15 is 0 Å². The van der Waals surface area contributed by atoms with E-state index in [-0.39, 0.29) is 20.6 Å². The van der Waals surface area contributed by atoms with E-state index in [1.807, 2.05) is 6.92 Å². The van der Waals surface area contributed by atoms with Crippen molar-refractivity contribution in [3.63, 3.8) is 0 Å². The summed E-state index contributed by atoms with van der Waals surface area (Å²) in [4.78, 5) is 29.4. The van der Waals surface area contributed by atoms with Gasteiger partial charge in [-0.3, -0.25) is 14.9 Å². The Bertz CT molecular complexity index is 1650. The third-order valence-electron chi connectivity index (χ3n) is 5.90.